The minimum absolute atomic E-state index is 0.0412. The molecule has 0 radical (unpaired) electrons. The molecule has 2 saturated heterocycles. The fourth-order valence-electron chi connectivity index (χ4n) is 3.20. The van der Waals surface area contributed by atoms with Crippen molar-refractivity contribution in [3.63, 3.8) is 0 Å². The summed E-state index contributed by atoms with van der Waals surface area (Å²) in [4.78, 5) is 19.1. The van der Waals surface area contributed by atoms with E-state index in [1.165, 1.54) is 7.11 Å². The molecular formula is C16H23N3O3S. The molecule has 6 nitrogen and oxygen atoms in total. The van der Waals surface area contributed by atoms with Gasteiger partial charge in [0.2, 0.25) is 5.88 Å². The minimum atomic E-state index is -0.125. The highest BCUT2D eigenvalue weighted by Gasteiger charge is 2.41. The van der Waals surface area contributed by atoms with E-state index in [1.54, 1.807) is 18.3 Å². The SMILES string of the molecule is COc1ncccc1C(=O)NCC1(N2CCOCC2)CCSC1. The Labute approximate surface area is 140 Å². The number of thioether (sulfide) groups is 1. The zero-order valence-corrected chi connectivity index (χ0v) is 14.2. The van der Waals surface area contributed by atoms with Crippen LogP contribution < -0.4 is 10.1 Å². The summed E-state index contributed by atoms with van der Waals surface area (Å²) in [7, 11) is 1.53. The van der Waals surface area contributed by atoms with Gasteiger partial charge in [0.05, 0.1) is 20.3 Å². The van der Waals surface area contributed by atoms with Gasteiger partial charge < -0.3 is 14.8 Å². The Balaban J connectivity index is 1.68. The predicted octanol–water partition coefficient (Wildman–Crippen LogP) is 1.03. The van der Waals surface area contributed by atoms with Gasteiger partial charge in [-0.25, -0.2) is 4.98 Å². The van der Waals surface area contributed by atoms with E-state index in [2.05, 4.69) is 15.2 Å². The lowest BCUT2D eigenvalue weighted by Gasteiger charge is -2.43. The fraction of sp³-hybridized carbons (Fsp3) is 0.625. The van der Waals surface area contributed by atoms with Gasteiger partial charge in [0.25, 0.3) is 5.91 Å². The Bertz CT molecular complexity index is 543. The molecule has 2 aliphatic rings. The van der Waals surface area contributed by atoms with Crippen LogP contribution >= 0.6 is 11.8 Å². The van der Waals surface area contributed by atoms with E-state index in [1.807, 2.05) is 11.8 Å². The van der Waals surface area contributed by atoms with Crippen LogP contribution in [0.3, 0.4) is 0 Å². The van der Waals surface area contributed by atoms with Crippen LogP contribution in [0.2, 0.25) is 0 Å². The number of hydrogen-bond acceptors (Lipinski definition) is 6. The monoisotopic (exact) mass is 337 g/mol. The maximum atomic E-state index is 12.5. The van der Waals surface area contributed by atoms with Gasteiger partial charge in [-0.05, 0) is 24.3 Å². The third-order valence-corrected chi connectivity index (χ3v) is 5.79. The number of nitrogens with zero attached hydrogens (tertiary/aromatic N) is 2. The zero-order chi connectivity index (χ0) is 16.1. The lowest BCUT2D eigenvalue weighted by molar-refractivity contribution is -0.0129. The van der Waals surface area contributed by atoms with Gasteiger partial charge in [0.15, 0.2) is 0 Å². The van der Waals surface area contributed by atoms with Crippen LogP contribution in [0.25, 0.3) is 0 Å². The van der Waals surface area contributed by atoms with Gasteiger partial charge in [-0.2, -0.15) is 11.8 Å². The predicted molar refractivity (Wildman–Crippen MR) is 90.2 cm³/mol. The number of carbonyl (C=O) groups is 1. The van der Waals surface area contributed by atoms with Crippen LogP contribution in [0.4, 0.5) is 0 Å². The van der Waals surface area contributed by atoms with Crippen LogP contribution in [0.5, 0.6) is 5.88 Å². The van der Waals surface area contributed by atoms with Gasteiger partial charge >= 0.3 is 0 Å². The van der Waals surface area contributed by atoms with Crippen LogP contribution in [0.1, 0.15) is 16.8 Å². The molecule has 0 aliphatic carbocycles. The van der Waals surface area contributed by atoms with Crippen LogP contribution in [-0.2, 0) is 4.74 Å². The lowest BCUT2D eigenvalue weighted by Crippen LogP contribution is -2.59. The molecule has 126 valence electrons. The van der Waals surface area contributed by atoms with Crippen molar-refractivity contribution in [3.05, 3.63) is 23.9 Å². The Morgan fingerprint density at radius 3 is 3.04 bits per heavy atom. The number of rotatable bonds is 5. The molecule has 3 rings (SSSR count). The number of amides is 1. The largest absolute Gasteiger partial charge is 0.480 e. The summed E-state index contributed by atoms with van der Waals surface area (Å²) in [5.41, 5.74) is 0.525. The number of hydrogen-bond donors (Lipinski definition) is 1. The minimum Gasteiger partial charge on any atom is -0.480 e. The quantitative estimate of drug-likeness (QED) is 0.866. The van der Waals surface area contributed by atoms with Gasteiger partial charge in [0, 0.05) is 37.1 Å². The Kier molecular flexibility index (Phi) is 5.40. The normalized spacial score (nSPS) is 25.3. The fourth-order valence-corrected chi connectivity index (χ4v) is 4.68. The number of methoxy groups -OCH3 is 1. The van der Waals surface area contributed by atoms with Crippen LogP contribution in [-0.4, -0.2) is 72.8 Å². The van der Waals surface area contributed by atoms with E-state index in [0.717, 1.165) is 44.2 Å². The first-order valence-electron chi connectivity index (χ1n) is 7.93. The first-order chi connectivity index (χ1) is 11.2. The molecule has 2 fully saturated rings. The van der Waals surface area contributed by atoms with E-state index < -0.39 is 0 Å². The third kappa shape index (κ3) is 3.62. The molecule has 0 spiro atoms. The topological polar surface area (TPSA) is 63.7 Å². The zero-order valence-electron chi connectivity index (χ0n) is 13.4. The number of morpholine rings is 1. The molecule has 23 heavy (non-hydrogen) atoms. The highest BCUT2D eigenvalue weighted by molar-refractivity contribution is 7.99. The molecule has 1 amide bonds. The smallest absolute Gasteiger partial charge is 0.256 e. The third-order valence-electron chi connectivity index (χ3n) is 4.55. The van der Waals surface area contributed by atoms with Crippen molar-refractivity contribution in [1.29, 1.82) is 0 Å². The number of ether oxygens (including phenoxy) is 2. The summed E-state index contributed by atoms with van der Waals surface area (Å²) in [6, 6.07) is 3.49. The van der Waals surface area contributed by atoms with Gasteiger partial charge in [-0.1, -0.05) is 0 Å². The van der Waals surface area contributed by atoms with Crippen molar-refractivity contribution in [2.24, 2.45) is 0 Å². The molecule has 0 saturated carbocycles. The van der Waals surface area contributed by atoms with Crippen molar-refractivity contribution in [2.45, 2.75) is 12.0 Å². The second-order valence-electron chi connectivity index (χ2n) is 5.87. The average Bonchev–Trinajstić information content (AvgIpc) is 3.10. The van der Waals surface area contributed by atoms with Gasteiger partial charge in [-0.15, -0.1) is 0 Å². The van der Waals surface area contributed by atoms with E-state index in [9.17, 15) is 4.79 Å². The maximum absolute atomic E-state index is 12.5. The first-order valence-corrected chi connectivity index (χ1v) is 9.08. The Hall–Kier alpha value is -1.31. The van der Waals surface area contributed by atoms with Crippen molar-refractivity contribution in [1.82, 2.24) is 15.2 Å². The first kappa shape index (κ1) is 16.5. The standard InChI is InChI=1S/C16H23N3O3S/c1-21-15-13(3-2-5-17-15)14(20)18-11-16(4-10-23-12-16)19-6-8-22-9-7-19/h2-3,5H,4,6-12H2,1H3,(H,18,20). The summed E-state index contributed by atoms with van der Waals surface area (Å²) < 4.78 is 10.6. The number of aromatic nitrogens is 1. The Morgan fingerprint density at radius 2 is 2.35 bits per heavy atom. The second-order valence-corrected chi connectivity index (χ2v) is 6.97. The second kappa shape index (κ2) is 7.51. The van der Waals surface area contributed by atoms with E-state index in [0.29, 0.717) is 18.0 Å². The lowest BCUT2D eigenvalue weighted by atomic mass is 9.95. The van der Waals surface area contributed by atoms with E-state index in [-0.39, 0.29) is 11.4 Å². The molecule has 2 aliphatic heterocycles. The summed E-state index contributed by atoms with van der Waals surface area (Å²) in [5.74, 6) is 2.44. The summed E-state index contributed by atoms with van der Waals surface area (Å²) >= 11 is 1.96. The molecule has 7 heteroatoms. The molecule has 1 N–H and O–H groups in total. The number of nitrogens with one attached hydrogen (secondary N) is 1. The summed E-state index contributed by atoms with van der Waals surface area (Å²) in [6.07, 6.45) is 2.72. The molecular weight excluding hydrogens is 314 g/mol. The number of pyridine rings is 1. The van der Waals surface area contributed by atoms with Crippen LogP contribution in [0.15, 0.2) is 18.3 Å². The Morgan fingerprint density at radius 1 is 1.52 bits per heavy atom. The molecule has 1 aromatic rings. The van der Waals surface area contributed by atoms with Crippen molar-refractivity contribution in [2.75, 3.05) is 51.5 Å². The van der Waals surface area contributed by atoms with E-state index >= 15 is 0 Å². The van der Waals surface area contributed by atoms with Crippen molar-refractivity contribution in [3.8, 4) is 5.88 Å². The summed E-state index contributed by atoms with van der Waals surface area (Å²) in [5, 5.41) is 3.10. The van der Waals surface area contributed by atoms with Gasteiger partial charge in [0.1, 0.15) is 5.56 Å². The molecule has 0 aromatic carbocycles. The van der Waals surface area contributed by atoms with E-state index in [4.69, 9.17) is 9.47 Å². The highest BCUT2D eigenvalue weighted by Crippen LogP contribution is 2.33. The highest BCUT2D eigenvalue weighted by atomic mass is 32.2. The van der Waals surface area contributed by atoms with Crippen LogP contribution in [0, 0.1) is 0 Å². The average molecular weight is 337 g/mol. The summed E-state index contributed by atoms with van der Waals surface area (Å²) in [6.45, 7) is 4.07. The molecule has 1 aromatic heterocycles. The van der Waals surface area contributed by atoms with Crippen molar-refractivity contribution >= 4 is 17.7 Å². The molecule has 1 atom stereocenters. The van der Waals surface area contributed by atoms with Crippen molar-refractivity contribution < 1.29 is 14.3 Å². The van der Waals surface area contributed by atoms with Gasteiger partial charge in [-0.3, -0.25) is 9.69 Å². The molecule has 3 heterocycles. The maximum Gasteiger partial charge on any atom is 0.256 e. The molecule has 0 bridgehead atoms. The molecule has 1 unspecified atom stereocenters. The number of carbonyl (C=O) groups excluding carboxylic acids is 1.